The number of aromatic nitrogens is 2. The van der Waals surface area contributed by atoms with Crippen LogP contribution in [0.5, 0.6) is 0 Å². The minimum atomic E-state index is -0.896. The van der Waals surface area contributed by atoms with E-state index in [-0.39, 0.29) is 0 Å². The van der Waals surface area contributed by atoms with Crippen LogP contribution in [0, 0.1) is 0 Å². The number of nitrogens with one attached hydrogen (secondary N) is 2. The lowest BCUT2D eigenvalue weighted by Crippen LogP contribution is -1.96. The third-order valence-corrected chi connectivity index (χ3v) is 2.38. The maximum Gasteiger partial charge on any atom is 0.161 e. The Morgan fingerprint density at radius 1 is 1.78 bits per heavy atom. The fraction of sp³-hybridized carbons (Fsp3) is 0.250. The van der Waals surface area contributed by atoms with Crippen LogP contribution >= 0.6 is 0 Å². The second-order valence-electron chi connectivity index (χ2n) is 1.75. The van der Waals surface area contributed by atoms with Gasteiger partial charge in [-0.1, -0.05) is 0 Å². The molecule has 1 atom stereocenters. The molecule has 2 rings (SSSR count). The van der Waals surface area contributed by atoms with Gasteiger partial charge in [-0.3, -0.25) is 4.21 Å². The van der Waals surface area contributed by atoms with Crippen molar-refractivity contribution < 1.29 is 4.21 Å². The van der Waals surface area contributed by atoms with Crippen LogP contribution in [-0.4, -0.2) is 20.1 Å². The van der Waals surface area contributed by atoms with Gasteiger partial charge in [0.1, 0.15) is 5.03 Å². The summed E-state index contributed by atoms with van der Waals surface area (Å²) in [5.41, 5.74) is 0. The number of aromatic amines is 1. The monoisotopic (exact) mass is 143 g/mol. The van der Waals surface area contributed by atoms with Crippen LogP contribution in [-0.2, 0) is 10.8 Å². The molecule has 1 aromatic rings. The van der Waals surface area contributed by atoms with E-state index in [1.807, 2.05) is 0 Å². The van der Waals surface area contributed by atoms with Crippen molar-refractivity contribution in [2.75, 3.05) is 11.2 Å². The number of imidazole rings is 1. The summed E-state index contributed by atoms with van der Waals surface area (Å²) in [5.74, 6) is 1.22. The summed E-state index contributed by atoms with van der Waals surface area (Å²) >= 11 is 0. The number of anilines is 1. The summed E-state index contributed by atoms with van der Waals surface area (Å²) in [6, 6.07) is 0. The first-order valence-electron chi connectivity index (χ1n) is 2.53. The molecular weight excluding hydrogens is 138 g/mol. The molecule has 0 aromatic carbocycles. The Hall–Kier alpha value is -0.840. The molecule has 1 aromatic heterocycles. The zero-order valence-electron chi connectivity index (χ0n) is 4.55. The highest BCUT2D eigenvalue weighted by Gasteiger charge is 2.18. The Balaban J connectivity index is 2.61. The molecule has 9 heavy (non-hydrogen) atoms. The van der Waals surface area contributed by atoms with Gasteiger partial charge in [-0.15, -0.1) is 0 Å². The molecule has 0 aliphatic carbocycles. The van der Waals surface area contributed by atoms with Crippen molar-refractivity contribution in [3.05, 3.63) is 6.33 Å². The van der Waals surface area contributed by atoms with Crippen LogP contribution in [0.1, 0.15) is 0 Å². The number of rotatable bonds is 0. The Bertz CT molecular complexity index is 256. The summed E-state index contributed by atoms with van der Waals surface area (Å²) < 4.78 is 10.9. The largest absolute Gasteiger partial charge is 0.356 e. The van der Waals surface area contributed by atoms with E-state index < -0.39 is 10.8 Å². The van der Waals surface area contributed by atoms with E-state index >= 15 is 0 Å². The summed E-state index contributed by atoms with van der Waals surface area (Å²) in [4.78, 5) is 6.68. The van der Waals surface area contributed by atoms with E-state index in [4.69, 9.17) is 0 Å². The first-order chi connectivity index (χ1) is 4.38. The highest BCUT2D eigenvalue weighted by molar-refractivity contribution is 7.85. The summed E-state index contributed by atoms with van der Waals surface area (Å²) in [6.07, 6.45) is 1.54. The Kier molecular flexibility index (Phi) is 0.869. The highest BCUT2D eigenvalue weighted by atomic mass is 32.2. The molecule has 1 aliphatic rings. The number of hydrogen-bond donors (Lipinski definition) is 2. The summed E-state index contributed by atoms with van der Waals surface area (Å²) in [5, 5.41) is 3.60. The van der Waals surface area contributed by atoms with Crippen molar-refractivity contribution in [1.82, 2.24) is 9.97 Å². The molecule has 0 spiro atoms. The average Bonchev–Trinajstić information content (AvgIpc) is 2.35. The molecule has 2 heterocycles. The third kappa shape index (κ3) is 0.578. The van der Waals surface area contributed by atoms with Crippen LogP contribution in [0.4, 0.5) is 5.82 Å². The molecule has 5 heteroatoms. The minimum absolute atomic E-state index is 0.495. The molecule has 48 valence electrons. The van der Waals surface area contributed by atoms with E-state index in [9.17, 15) is 4.21 Å². The molecule has 1 aliphatic heterocycles. The molecule has 4 nitrogen and oxygen atoms in total. The Morgan fingerprint density at radius 3 is 3.44 bits per heavy atom. The van der Waals surface area contributed by atoms with E-state index in [0.29, 0.717) is 5.88 Å². The SMILES string of the molecule is O=S1CNc2nc[nH]c21. The van der Waals surface area contributed by atoms with Crippen LogP contribution in [0.15, 0.2) is 11.4 Å². The maximum absolute atomic E-state index is 10.9. The second kappa shape index (κ2) is 1.57. The van der Waals surface area contributed by atoms with Crippen molar-refractivity contribution in [2.24, 2.45) is 0 Å². The lowest BCUT2D eigenvalue weighted by molar-refractivity contribution is 0.684. The van der Waals surface area contributed by atoms with Gasteiger partial charge in [-0.2, -0.15) is 0 Å². The fourth-order valence-corrected chi connectivity index (χ4v) is 1.72. The fourth-order valence-electron chi connectivity index (χ4n) is 0.788. The van der Waals surface area contributed by atoms with Gasteiger partial charge in [0.2, 0.25) is 0 Å². The first kappa shape index (κ1) is 4.99. The highest BCUT2D eigenvalue weighted by Crippen LogP contribution is 2.19. The topological polar surface area (TPSA) is 57.8 Å². The average molecular weight is 143 g/mol. The van der Waals surface area contributed by atoms with Gasteiger partial charge in [0.05, 0.1) is 23.0 Å². The lowest BCUT2D eigenvalue weighted by atomic mass is 10.8. The van der Waals surface area contributed by atoms with E-state index in [2.05, 4.69) is 15.3 Å². The minimum Gasteiger partial charge on any atom is -0.356 e. The van der Waals surface area contributed by atoms with E-state index in [1.54, 1.807) is 0 Å². The van der Waals surface area contributed by atoms with Crippen LogP contribution in [0.25, 0.3) is 0 Å². The zero-order valence-corrected chi connectivity index (χ0v) is 5.36. The number of hydrogen-bond acceptors (Lipinski definition) is 3. The van der Waals surface area contributed by atoms with Gasteiger partial charge in [-0.05, 0) is 0 Å². The molecule has 0 radical (unpaired) electrons. The quantitative estimate of drug-likeness (QED) is 0.533. The summed E-state index contributed by atoms with van der Waals surface area (Å²) in [7, 11) is -0.896. The predicted octanol–water partition coefficient (Wildman–Crippen LogP) is -0.0997. The maximum atomic E-state index is 10.9. The van der Waals surface area contributed by atoms with E-state index in [1.165, 1.54) is 6.33 Å². The standard InChI is InChI=1S/C4H5N3OS/c8-9-2-7-3-4(9)6-1-5-3/h1,7H,2H2,(H,5,6). The third-order valence-electron chi connectivity index (χ3n) is 1.20. The normalized spacial score (nSPS) is 23.3. The van der Waals surface area contributed by atoms with Gasteiger partial charge in [-0.25, -0.2) is 4.98 Å². The smallest absolute Gasteiger partial charge is 0.161 e. The molecule has 0 fully saturated rings. The molecule has 0 saturated carbocycles. The van der Waals surface area contributed by atoms with Crippen molar-refractivity contribution in [2.45, 2.75) is 5.03 Å². The zero-order chi connectivity index (χ0) is 6.27. The van der Waals surface area contributed by atoms with Crippen molar-refractivity contribution in [1.29, 1.82) is 0 Å². The van der Waals surface area contributed by atoms with E-state index in [0.717, 1.165) is 10.8 Å². The van der Waals surface area contributed by atoms with Gasteiger partial charge in [0.15, 0.2) is 5.82 Å². The van der Waals surface area contributed by atoms with Crippen LogP contribution in [0.3, 0.4) is 0 Å². The van der Waals surface area contributed by atoms with Gasteiger partial charge < -0.3 is 10.3 Å². The van der Waals surface area contributed by atoms with Crippen LogP contribution < -0.4 is 5.32 Å². The molecule has 0 amide bonds. The second-order valence-corrected chi connectivity index (χ2v) is 3.13. The van der Waals surface area contributed by atoms with Crippen molar-refractivity contribution >= 4 is 16.6 Å². The summed E-state index contributed by atoms with van der Waals surface area (Å²) in [6.45, 7) is 0. The van der Waals surface area contributed by atoms with Gasteiger partial charge in [0, 0.05) is 0 Å². The Labute approximate surface area is 54.1 Å². The van der Waals surface area contributed by atoms with Gasteiger partial charge >= 0.3 is 0 Å². The first-order valence-corrected chi connectivity index (χ1v) is 3.85. The molecular formula is C4H5N3OS. The number of nitrogens with zero attached hydrogens (tertiary/aromatic N) is 1. The molecule has 1 unspecified atom stereocenters. The van der Waals surface area contributed by atoms with Crippen molar-refractivity contribution in [3.8, 4) is 0 Å². The number of H-pyrrole nitrogens is 1. The molecule has 2 N–H and O–H groups in total. The molecule has 0 saturated heterocycles. The van der Waals surface area contributed by atoms with Crippen LogP contribution in [0.2, 0.25) is 0 Å². The van der Waals surface area contributed by atoms with Crippen molar-refractivity contribution in [3.63, 3.8) is 0 Å². The Morgan fingerprint density at radius 2 is 2.67 bits per heavy atom. The van der Waals surface area contributed by atoms with Gasteiger partial charge in [0.25, 0.3) is 0 Å². The molecule has 0 bridgehead atoms. The predicted molar refractivity (Wildman–Crippen MR) is 33.5 cm³/mol. The lowest BCUT2D eigenvalue weighted by Gasteiger charge is -1.83. The number of fused-ring (bicyclic) bond motifs is 1.